The van der Waals surface area contributed by atoms with Crippen LogP contribution in [0.25, 0.3) is 0 Å². The normalized spacial score (nSPS) is 13.4. The van der Waals surface area contributed by atoms with Gasteiger partial charge in [-0.05, 0) is 19.9 Å². The van der Waals surface area contributed by atoms with Gasteiger partial charge in [-0.1, -0.05) is 13.8 Å². The molecule has 1 unspecified atom stereocenters. The number of nitrogens with zero attached hydrogens (tertiary/aromatic N) is 2. The van der Waals surface area contributed by atoms with Crippen LogP contribution in [0.4, 0.5) is 0 Å². The first-order valence-corrected chi connectivity index (χ1v) is 4.51. The number of likely N-dealkylation sites (N-methyl/N-ethyl adjacent to an activating group) is 1. The Hall–Kier alpha value is -0.590. The average Bonchev–Trinajstić information content (AvgIpc) is 2.06. The Kier molecular flexibility index (Phi) is 5.69. The van der Waals surface area contributed by atoms with E-state index in [0.29, 0.717) is 12.6 Å². The summed E-state index contributed by atoms with van der Waals surface area (Å²) in [5, 5.41) is 8.51. The molecule has 12 heavy (non-hydrogen) atoms. The Morgan fingerprint density at radius 2 is 1.92 bits per heavy atom. The monoisotopic (exact) mass is 169 g/mol. The molecule has 0 saturated carbocycles. The van der Waals surface area contributed by atoms with Gasteiger partial charge in [0.2, 0.25) is 0 Å². The van der Waals surface area contributed by atoms with Gasteiger partial charge >= 0.3 is 0 Å². The maximum atomic E-state index is 8.51. The van der Waals surface area contributed by atoms with Gasteiger partial charge in [-0.2, -0.15) is 5.26 Å². The van der Waals surface area contributed by atoms with Gasteiger partial charge in [-0.3, -0.25) is 0 Å². The van der Waals surface area contributed by atoms with Crippen molar-refractivity contribution in [3.05, 3.63) is 0 Å². The summed E-state index contributed by atoms with van der Waals surface area (Å²) in [6.07, 6.45) is 2.23. The van der Waals surface area contributed by atoms with Gasteiger partial charge < -0.3 is 10.6 Å². The maximum absolute atomic E-state index is 8.51. The molecule has 0 spiro atoms. The molecular weight excluding hydrogens is 150 g/mol. The average molecular weight is 169 g/mol. The van der Waals surface area contributed by atoms with Crippen molar-refractivity contribution in [1.82, 2.24) is 4.90 Å². The van der Waals surface area contributed by atoms with Crippen molar-refractivity contribution in [3.8, 4) is 6.07 Å². The van der Waals surface area contributed by atoms with Crippen molar-refractivity contribution in [2.75, 3.05) is 13.6 Å². The molecule has 0 bridgehead atoms. The molecule has 70 valence electrons. The predicted octanol–water partition coefficient (Wildman–Crippen LogP) is 0.958. The molecule has 1 atom stereocenters. The van der Waals surface area contributed by atoms with Crippen LogP contribution in [-0.4, -0.2) is 30.6 Å². The molecular formula is C9H19N3. The first-order valence-electron chi connectivity index (χ1n) is 4.51. The fraction of sp³-hybridized carbons (Fsp3) is 0.889. The fourth-order valence-electron chi connectivity index (χ4n) is 1.41. The Labute approximate surface area is 75.2 Å². The van der Waals surface area contributed by atoms with E-state index in [4.69, 9.17) is 11.0 Å². The van der Waals surface area contributed by atoms with Crippen LogP contribution in [0, 0.1) is 11.3 Å². The Balaban J connectivity index is 3.85. The maximum Gasteiger partial charge on any atom is 0.106 e. The molecule has 0 radical (unpaired) electrons. The van der Waals surface area contributed by atoms with E-state index in [1.807, 2.05) is 13.1 Å². The van der Waals surface area contributed by atoms with E-state index in [0.717, 1.165) is 12.8 Å². The molecule has 0 heterocycles. The van der Waals surface area contributed by atoms with Gasteiger partial charge in [0.1, 0.15) is 6.04 Å². The van der Waals surface area contributed by atoms with E-state index >= 15 is 0 Å². The van der Waals surface area contributed by atoms with Crippen molar-refractivity contribution < 1.29 is 0 Å². The topological polar surface area (TPSA) is 53.0 Å². The van der Waals surface area contributed by atoms with Crippen LogP contribution in [-0.2, 0) is 0 Å². The number of nitrogens with two attached hydrogens (primary N) is 1. The lowest BCUT2D eigenvalue weighted by Crippen LogP contribution is -2.39. The molecule has 3 nitrogen and oxygen atoms in total. The Bertz CT molecular complexity index is 146. The SMILES string of the molecule is CCC(CC)N(C)CC(N)C#N. The van der Waals surface area contributed by atoms with Gasteiger partial charge in [0.25, 0.3) is 0 Å². The number of nitriles is 1. The van der Waals surface area contributed by atoms with Crippen LogP contribution in [0.3, 0.4) is 0 Å². The molecule has 3 heteroatoms. The second kappa shape index (κ2) is 5.99. The van der Waals surface area contributed by atoms with Crippen molar-refractivity contribution in [1.29, 1.82) is 5.26 Å². The largest absolute Gasteiger partial charge is 0.315 e. The first kappa shape index (κ1) is 11.4. The fourth-order valence-corrected chi connectivity index (χ4v) is 1.41. The summed E-state index contributed by atoms with van der Waals surface area (Å²) in [7, 11) is 2.02. The third-order valence-electron chi connectivity index (χ3n) is 2.22. The predicted molar refractivity (Wildman–Crippen MR) is 50.6 cm³/mol. The Morgan fingerprint density at radius 1 is 1.42 bits per heavy atom. The zero-order valence-electron chi connectivity index (χ0n) is 8.25. The highest BCUT2D eigenvalue weighted by Gasteiger charge is 2.12. The molecule has 0 aromatic carbocycles. The minimum atomic E-state index is -0.351. The summed E-state index contributed by atoms with van der Waals surface area (Å²) < 4.78 is 0. The minimum absolute atomic E-state index is 0.351. The summed E-state index contributed by atoms with van der Waals surface area (Å²) in [5.41, 5.74) is 5.52. The smallest absolute Gasteiger partial charge is 0.106 e. The third kappa shape index (κ3) is 3.70. The highest BCUT2D eigenvalue weighted by molar-refractivity contribution is 4.89. The zero-order valence-corrected chi connectivity index (χ0v) is 8.25. The van der Waals surface area contributed by atoms with E-state index in [1.54, 1.807) is 0 Å². The molecule has 0 saturated heterocycles. The summed E-state index contributed by atoms with van der Waals surface area (Å²) in [4.78, 5) is 2.16. The van der Waals surface area contributed by atoms with E-state index in [1.165, 1.54) is 0 Å². The lowest BCUT2D eigenvalue weighted by molar-refractivity contribution is 0.226. The second-order valence-corrected chi connectivity index (χ2v) is 3.15. The van der Waals surface area contributed by atoms with Crippen LogP contribution in [0.15, 0.2) is 0 Å². The summed E-state index contributed by atoms with van der Waals surface area (Å²) in [6, 6.07) is 2.24. The summed E-state index contributed by atoms with van der Waals surface area (Å²) in [5.74, 6) is 0. The van der Waals surface area contributed by atoms with Crippen LogP contribution in [0.5, 0.6) is 0 Å². The van der Waals surface area contributed by atoms with Crippen molar-refractivity contribution >= 4 is 0 Å². The van der Waals surface area contributed by atoms with E-state index in [-0.39, 0.29) is 6.04 Å². The number of rotatable bonds is 5. The standard InChI is InChI=1S/C9H19N3/c1-4-9(5-2)12(3)7-8(11)6-10/h8-9H,4-5,7,11H2,1-3H3. The van der Waals surface area contributed by atoms with Crippen molar-refractivity contribution in [3.63, 3.8) is 0 Å². The van der Waals surface area contributed by atoms with Crippen molar-refractivity contribution in [2.24, 2.45) is 5.73 Å². The minimum Gasteiger partial charge on any atom is -0.315 e. The molecule has 0 fully saturated rings. The van der Waals surface area contributed by atoms with Crippen LogP contribution in [0.2, 0.25) is 0 Å². The van der Waals surface area contributed by atoms with E-state index < -0.39 is 0 Å². The molecule has 0 aromatic heterocycles. The van der Waals surface area contributed by atoms with Gasteiger partial charge in [0.05, 0.1) is 6.07 Å². The summed E-state index contributed by atoms with van der Waals surface area (Å²) in [6.45, 7) is 4.98. The molecule has 0 aliphatic rings. The lowest BCUT2D eigenvalue weighted by atomic mass is 10.1. The van der Waals surface area contributed by atoms with Gasteiger partial charge in [0, 0.05) is 12.6 Å². The van der Waals surface area contributed by atoms with Crippen molar-refractivity contribution in [2.45, 2.75) is 38.8 Å². The lowest BCUT2D eigenvalue weighted by Gasteiger charge is -2.26. The molecule has 0 aliphatic carbocycles. The van der Waals surface area contributed by atoms with Gasteiger partial charge in [0.15, 0.2) is 0 Å². The van der Waals surface area contributed by atoms with Gasteiger partial charge in [-0.15, -0.1) is 0 Å². The number of hydrogen-bond donors (Lipinski definition) is 1. The van der Waals surface area contributed by atoms with Gasteiger partial charge in [-0.25, -0.2) is 0 Å². The summed E-state index contributed by atoms with van der Waals surface area (Å²) >= 11 is 0. The van der Waals surface area contributed by atoms with E-state index in [9.17, 15) is 0 Å². The van der Waals surface area contributed by atoms with Crippen LogP contribution >= 0.6 is 0 Å². The quantitative estimate of drug-likeness (QED) is 0.667. The highest BCUT2D eigenvalue weighted by atomic mass is 15.1. The molecule has 0 aromatic rings. The molecule has 0 rings (SSSR count). The highest BCUT2D eigenvalue weighted by Crippen LogP contribution is 2.05. The van der Waals surface area contributed by atoms with E-state index in [2.05, 4.69) is 18.7 Å². The van der Waals surface area contributed by atoms with Crippen LogP contribution in [0.1, 0.15) is 26.7 Å². The zero-order chi connectivity index (χ0) is 9.56. The third-order valence-corrected chi connectivity index (χ3v) is 2.22. The number of hydrogen-bond acceptors (Lipinski definition) is 3. The van der Waals surface area contributed by atoms with Crippen LogP contribution < -0.4 is 5.73 Å². The molecule has 2 N–H and O–H groups in total. The molecule has 0 aliphatic heterocycles. The Morgan fingerprint density at radius 3 is 2.25 bits per heavy atom. The second-order valence-electron chi connectivity index (χ2n) is 3.15. The first-order chi connectivity index (χ1) is 5.65. The molecule has 0 amide bonds.